The first-order chi connectivity index (χ1) is 22.3. The second-order valence-electron chi connectivity index (χ2n) is 11.6. The molecule has 254 valence electrons. The number of methoxy groups -OCH3 is 2. The van der Waals surface area contributed by atoms with Crippen molar-refractivity contribution in [1.29, 1.82) is 0 Å². The summed E-state index contributed by atoms with van der Waals surface area (Å²) in [5.41, 5.74) is -1.27. The van der Waals surface area contributed by atoms with Crippen LogP contribution in [0.1, 0.15) is 73.8 Å². The van der Waals surface area contributed by atoms with Crippen molar-refractivity contribution in [3.8, 4) is 23.0 Å². The highest BCUT2D eigenvalue weighted by Gasteiger charge is 2.41. The molecule has 9 nitrogen and oxygen atoms in total. The van der Waals surface area contributed by atoms with Gasteiger partial charge in [-0.15, -0.1) is 22.7 Å². The van der Waals surface area contributed by atoms with Crippen LogP contribution in [0, 0.1) is 23.0 Å². The number of carbonyl (C=O) groups excluding carboxylic acids is 1. The summed E-state index contributed by atoms with van der Waals surface area (Å²) < 4.78 is 54.4. The number of aliphatic carboxylic acids is 2. The number of carboxylic acid groups (broad SMARTS) is 2. The molecule has 2 unspecified atom stereocenters. The minimum absolute atomic E-state index is 0.00291. The number of carbonyl (C=O) groups is 3. The molecule has 0 saturated heterocycles. The molecule has 0 spiro atoms. The van der Waals surface area contributed by atoms with E-state index in [0.29, 0.717) is 14.8 Å². The normalized spacial score (nSPS) is 15.6. The fourth-order valence-electron chi connectivity index (χ4n) is 5.13. The summed E-state index contributed by atoms with van der Waals surface area (Å²) in [6, 6.07) is 6.40. The van der Waals surface area contributed by atoms with Crippen LogP contribution in [-0.4, -0.2) is 55.4 Å². The van der Waals surface area contributed by atoms with Crippen LogP contribution in [0.5, 0.6) is 23.0 Å². The highest BCUT2D eigenvalue weighted by atomic mass is 32.1. The summed E-state index contributed by atoms with van der Waals surface area (Å²) >= 11 is 2.46. The minimum Gasteiger partial charge on any atom is -0.493 e. The van der Waals surface area contributed by atoms with Crippen molar-refractivity contribution in [3.05, 3.63) is 45.7 Å². The number of ether oxygens (including phenoxy) is 4. The molecule has 2 heterocycles. The maximum absolute atomic E-state index is 15.6. The van der Waals surface area contributed by atoms with Gasteiger partial charge in [-0.1, -0.05) is 13.8 Å². The molecule has 1 saturated carbocycles. The predicted molar refractivity (Wildman–Crippen MR) is 177 cm³/mol. The van der Waals surface area contributed by atoms with E-state index in [9.17, 15) is 19.5 Å². The Kier molecular flexibility index (Phi) is 11.3. The van der Waals surface area contributed by atoms with Crippen molar-refractivity contribution < 1.29 is 52.3 Å². The predicted octanol–water partition coefficient (Wildman–Crippen LogP) is 8.55. The maximum atomic E-state index is 15.6. The molecule has 2 N–H and O–H groups in total. The largest absolute Gasteiger partial charge is 0.493 e. The average Bonchev–Trinajstić information content (AvgIpc) is 3.43. The molecule has 0 bridgehead atoms. The Hall–Kier alpha value is -3.97. The van der Waals surface area contributed by atoms with Crippen molar-refractivity contribution in [2.45, 2.75) is 59.3 Å². The molecular weight excluding hydrogens is 654 g/mol. The summed E-state index contributed by atoms with van der Waals surface area (Å²) in [5.74, 6) is -3.34. The van der Waals surface area contributed by atoms with E-state index in [0.717, 1.165) is 22.6 Å². The second kappa shape index (κ2) is 14.8. The lowest BCUT2D eigenvalue weighted by atomic mass is 9.87. The quantitative estimate of drug-likeness (QED) is 0.0930. The van der Waals surface area contributed by atoms with Crippen LogP contribution in [-0.2, 0) is 9.59 Å². The molecule has 0 amide bonds. The van der Waals surface area contributed by atoms with Gasteiger partial charge in [-0.25, -0.2) is 8.78 Å². The highest BCUT2D eigenvalue weighted by molar-refractivity contribution is 7.21. The molecule has 1 fully saturated rings. The Morgan fingerprint density at radius 3 is 1.91 bits per heavy atom. The van der Waals surface area contributed by atoms with Gasteiger partial charge in [-0.2, -0.15) is 0 Å². The summed E-state index contributed by atoms with van der Waals surface area (Å²) in [7, 11) is 2.78. The molecule has 0 aliphatic heterocycles. The number of Topliss-reactive ketones (excluding diaryl/α,β-unsaturated/α-hetero) is 1. The van der Waals surface area contributed by atoms with Crippen LogP contribution in [0.2, 0.25) is 0 Å². The minimum atomic E-state index is -1.27. The SMILES string of the molecule is CC.COc1cc2sc(C(=O)CC(C)(C)C(=O)O)cc2c(F)c1OCCCOc1c(OC)cc2sc(C3CC3CC(=O)O)cc2c1F. The van der Waals surface area contributed by atoms with Crippen LogP contribution < -0.4 is 18.9 Å². The smallest absolute Gasteiger partial charge is 0.309 e. The van der Waals surface area contributed by atoms with E-state index in [2.05, 4.69) is 0 Å². The van der Waals surface area contributed by atoms with Crippen LogP contribution in [0.3, 0.4) is 0 Å². The number of hydrogen-bond acceptors (Lipinski definition) is 9. The number of benzene rings is 2. The van der Waals surface area contributed by atoms with E-state index < -0.39 is 34.8 Å². The van der Waals surface area contributed by atoms with Crippen molar-refractivity contribution in [2.24, 2.45) is 11.3 Å². The summed E-state index contributed by atoms with van der Waals surface area (Å²) in [6.45, 7) is 6.94. The lowest BCUT2D eigenvalue weighted by molar-refractivity contribution is -0.146. The van der Waals surface area contributed by atoms with Gasteiger partial charge in [-0.3, -0.25) is 14.4 Å². The zero-order valence-corrected chi connectivity index (χ0v) is 28.7. The number of carboxylic acids is 2. The summed E-state index contributed by atoms with van der Waals surface area (Å²) in [5, 5.41) is 18.9. The fraction of sp³-hybridized carbons (Fsp3) is 0.441. The number of hydrogen-bond donors (Lipinski definition) is 2. The van der Waals surface area contributed by atoms with Crippen LogP contribution in [0.15, 0.2) is 24.3 Å². The van der Waals surface area contributed by atoms with Gasteiger partial charge in [0.25, 0.3) is 0 Å². The first kappa shape index (κ1) is 35.9. The van der Waals surface area contributed by atoms with Crippen molar-refractivity contribution in [1.82, 2.24) is 0 Å². The topological polar surface area (TPSA) is 129 Å². The van der Waals surface area contributed by atoms with E-state index in [-0.39, 0.29) is 77.6 Å². The molecule has 5 rings (SSSR count). The molecule has 0 radical (unpaired) electrons. The Labute approximate surface area is 279 Å². The summed E-state index contributed by atoms with van der Waals surface area (Å²) in [4.78, 5) is 36.4. The van der Waals surface area contributed by atoms with Gasteiger partial charge in [0.05, 0.1) is 37.7 Å². The molecule has 4 aromatic rings. The summed E-state index contributed by atoms with van der Waals surface area (Å²) in [6.07, 6.45) is 0.867. The first-order valence-corrected chi connectivity index (χ1v) is 16.8. The van der Waals surface area contributed by atoms with Gasteiger partial charge in [0, 0.05) is 56.4 Å². The van der Waals surface area contributed by atoms with Gasteiger partial charge in [0.1, 0.15) is 0 Å². The molecular formula is C34H38F2O9S2. The number of fused-ring (bicyclic) bond motifs is 2. The highest BCUT2D eigenvalue weighted by Crippen LogP contribution is 2.53. The van der Waals surface area contributed by atoms with Crippen molar-refractivity contribution in [3.63, 3.8) is 0 Å². The first-order valence-electron chi connectivity index (χ1n) is 15.2. The van der Waals surface area contributed by atoms with Crippen molar-refractivity contribution >= 4 is 60.6 Å². The lowest BCUT2D eigenvalue weighted by Gasteiger charge is -2.16. The third-order valence-electron chi connectivity index (χ3n) is 7.79. The number of thiophene rings is 2. The molecule has 13 heteroatoms. The van der Waals surface area contributed by atoms with Crippen LogP contribution >= 0.6 is 22.7 Å². The monoisotopic (exact) mass is 692 g/mol. The third-order valence-corrected chi connectivity index (χ3v) is 10.1. The van der Waals surface area contributed by atoms with Gasteiger partial charge in [0.2, 0.25) is 0 Å². The molecule has 1 aliphatic rings. The molecule has 2 aromatic carbocycles. The Bertz CT molecular complexity index is 1790. The van der Waals surface area contributed by atoms with Gasteiger partial charge < -0.3 is 29.2 Å². The van der Waals surface area contributed by atoms with E-state index in [1.54, 1.807) is 18.2 Å². The molecule has 47 heavy (non-hydrogen) atoms. The Morgan fingerprint density at radius 1 is 0.872 bits per heavy atom. The maximum Gasteiger partial charge on any atom is 0.309 e. The van der Waals surface area contributed by atoms with E-state index >= 15 is 8.78 Å². The van der Waals surface area contributed by atoms with E-state index in [4.69, 9.17) is 24.1 Å². The zero-order valence-electron chi connectivity index (χ0n) is 27.0. The standard InChI is InChI=1S/C32H32F2O9S2.C2H6/c1-32(2,31(38)39)14-19(35)25-11-18-24(45-25)13-21(41-4)30(28(18)34)43-7-5-6-42-29-20(40-3)12-23-17(27(29)33)10-22(44-23)16-8-15(16)9-26(36)37;1-2/h10-13,15-16H,5-9,14H2,1-4H3,(H,36,37)(H,38,39);1-2H3. The third kappa shape index (κ3) is 7.78. The zero-order chi connectivity index (χ0) is 34.6. The second-order valence-corrected chi connectivity index (χ2v) is 13.8. The lowest BCUT2D eigenvalue weighted by Crippen LogP contribution is -2.26. The van der Waals surface area contributed by atoms with Crippen molar-refractivity contribution in [2.75, 3.05) is 27.4 Å². The number of rotatable bonds is 15. The number of ketones is 1. The molecule has 2 atom stereocenters. The Morgan fingerprint density at radius 2 is 1.40 bits per heavy atom. The van der Waals surface area contributed by atoms with E-state index in [1.165, 1.54) is 45.5 Å². The van der Waals surface area contributed by atoms with Gasteiger partial charge >= 0.3 is 11.9 Å². The molecule has 2 aromatic heterocycles. The van der Waals surface area contributed by atoms with Gasteiger partial charge in [-0.05, 0) is 44.2 Å². The molecule has 1 aliphatic carbocycles. The van der Waals surface area contributed by atoms with Crippen LogP contribution in [0.25, 0.3) is 20.2 Å². The fourth-order valence-corrected chi connectivity index (χ4v) is 7.45. The van der Waals surface area contributed by atoms with E-state index in [1.807, 2.05) is 13.8 Å². The average molecular weight is 693 g/mol. The number of halogens is 2. The van der Waals surface area contributed by atoms with Gasteiger partial charge in [0.15, 0.2) is 40.4 Å². The Balaban J connectivity index is 0.00000245. The van der Waals surface area contributed by atoms with Crippen LogP contribution in [0.4, 0.5) is 8.78 Å².